The van der Waals surface area contributed by atoms with E-state index in [-0.39, 0.29) is 11.7 Å². The molecule has 0 spiro atoms. The molecule has 0 atom stereocenters. The van der Waals surface area contributed by atoms with Gasteiger partial charge in [-0.1, -0.05) is 42.5 Å². The van der Waals surface area contributed by atoms with Gasteiger partial charge in [-0.3, -0.25) is 4.79 Å². The maximum atomic E-state index is 13.3. The number of aryl methyl sites for hydroxylation is 1. The molecule has 0 aliphatic rings. The van der Waals surface area contributed by atoms with Crippen LogP contribution in [0.3, 0.4) is 0 Å². The Labute approximate surface area is 158 Å². The lowest BCUT2D eigenvalue weighted by Crippen LogP contribution is -2.10. The van der Waals surface area contributed by atoms with Crippen molar-refractivity contribution in [3.05, 3.63) is 101 Å². The zero-order valence-electron chi connectivity index (χ0n) is 15.0. The van der Waals surface area contributed by atoms with Crippen LogP contribution in [0.15, 0.2) is 78.9 Å². The van der Waals surface area contributed by atoms with Gasteiger partial charge in [0, 0.05) is 17.3 Å². The molecule has 0 aromatic heterocycles. The van der Waals surface area contributed by atoms with Crippen molar-refractivity contribution >= 4 is 17.7 Å². The van der Waals surface area contributed by atoms with Crippen molar-refractivity contribution in [3.63, 3.8) is 0 Å². The van der Waals surface area contributed by atoms with E-state index in [0.29, 0.717) is 17.9 Å². The van der Waals surface area contributed by atoms with E-state index in [0.717, 1.165) is 16.9 Å². The summed E-state index contributed by atoms with van der Waals surface area (Å²) in [6, 6.07) is 21.7. The number of amides is 1. The second-order valence-corrected chi connectivity index (χ2v) is 6.09. The first-order valence-corrected chi connectivity index (χ1v) is 8.63. The highest BCUT2D eigenvalue weighted by molar-refractivity contribution is 6.02. The Balaban J connectivity index is 1.65. The summed E-state index contributed by atoms with van der Waals surface area (Å²) in [7, 11) is 0. The van der Waals surface area contributed by atoms with Crippen molar-refractivity contribution in [1.29, 1.82) is 0 Å². The standard InChI is InChI=1S/C23H20FNO2/c1-17-15-18(11-13-21(17)24)12-14-23(26)25-22-10-6-5-7-19(22)16-27-20-8-3-2-4-9-20/h2-15H,16H2,1H3,(H,25,26)/b14-12+. The molecule has 0 saturated carbocycles. The maximum Gasteiger partial charge on any atom is 0.248 e. The number of hydrogen-bond donors (Lipinski definition) is 1. The Bertz CT molecular complexity index is 952. The Kier molecular flexibility index (Phi) is 6.00. The van der Waals surface area contributed by atoms with Crippen LogP contribution in [0.5, 0.6) is 5.75 Å². The smallest absolute Gasteiger partial charge is 0.248 e. The van der Waals surface area contributed by atoms with Crippen molar-refractivity contribution in [1.82, 2.24) is 0 Å². The highest BCUT2D eigenvalue weighted by atomic mass is 19.1. The van der Waals surface area contributed by atoms with Crippen LogP contribution in [-0.2, 0) is 11.4 Å². The SMILES string of the molecule is Cc1cc(/C=C/C(=O)Nc2ccccc2COc2ccccc2)ccc1F. The quantitative estimate of drug-likeness (QED) is 0.600. The van der Waals surface area contributed by atoms with Gasteiger partial charge >= 0.3 is 0 Å². The number of benzene rings is 3. The third-order valence-corrected chi connectivity index (χ3v) is 4.02. The summed E-state index contributed by atoms with van der Waals surface area (Å²) < 4.78 is 19.1. The molecule has 27 heavy (non-hydrogen) atoms. The van der Waals surface area contributed by atoms with Crippen LogP contribution in [0.4, 0.5) is 10.1 Å². The van der Waals surface area contributed by atoms with Crippen molar-refractivity contribution in [2.45, 2.75) is 13.5 Å². The van der Waals surface area contributed by atoms with E-state index in [9.17, 15) is 9.18 Å². The van der Waals surface area contributed by atoms with Gasteiger partial charge in [0.2, 0.25) is 5.91 Å². The molecule has 0 radical (unpaired) electrons. The highest BCUT2D eigenvalue weighted by Gasteiger charge is 2.05. The molecule has 3 aromatic rings. The summed E-state index contributed by atoms with van der Waals surface area (Å²) >= 11 is 0. The van der Waals surface area contributed by atoms with E-state index < -0.39 is 0 Å². The van der Waals surface area contributed by atoms with E-state index in [1.165, 1.54) is 12.1 Å². The number of halogens is 1. The number of anilines is 1. The molecule has 4 heteroatoms. The molecule has 3 aromatic carbocycles. The number of nitrogens with one attached hydrogen (secondary N) is 1. The summed E-state index contributed by atoms with van der Waals surface area (Å²) in [5.74, 6) is 0.248. The predicted molar refractivity (Wildman–Crippen MR) is 106 cm³/mol. The van der Waals surface area contributed by atoms with Gasteiger partial charge in [-0.2, -0.15) is 0 Å². The van der Waals surface area contributed by atoms with Crippen molar-refractivity contribution < 1.29 is 13.9 Å². The van der Waals surface area contributed by atoms with Gasteiger partial charge in [-0.15, -0.1) is 0 Å². The molecule has 0 unspecified atom stereocenters. The Hall–Kier alpha value is -3.40. The van der Waals surface area contributed by atoms with Crippen LogP contribution in [0.25, 0.3) is 6.08 Å². The largest absolute Gasteiger partial charge is 0.489 e. The fourth-order valence-electron chi connectivity index (χ4n) is 2.56. The number of carbonyl (C=O) groups excluding carboxylic acids is 1. The minimum absolute atomic E-state index is 0.260. The molecule has 0 bridgehead atoms. The van der Waals surface area contributed by atoms with Gasteiger partial charge in [0.15, 0.2) is 0 Å². The van der Waals surface area contributed by atoms with Crippen molar-refractivity contribution in [3.8, 4) is 5.75 Å². The minimum Gasteiger partial charge on any atom is -0.489 e. The fourth-order valence-corrected chi connectivity index (χ4v) is 2.56. The molecule has 1 N–H and O–H groups in total. The monoisotopic (exact) mass is 361 g/mol. The molecular weight excluding hydrogens is 341 g/mol. The number of hydrogen-bond acceptors (Lipinski definition) is 2. The van der Waals surface area contributed by atoms with E-state index in [1.807, 2.05) is 54.6 Å². The van der Waals surface area contributed by atoms with Crippen LogP contribution in [0.1, 0.15) is 16.7 Å². The number of para-hydroxylation sites is 2. The summed E-state index contributed by atoms with van der Waals surface area (Å²) in [6.45, 7) is 2.04. The first-order valence-electron chi connectivity index (χ1n) is 8.63. The molecule has 0 aliphatic carbocycles. The third kappa shape index (κ3) is 5.28. The van der Waals surface area contributed by atoms with E-state index in [4.69, 9.17) is 4.74 Å². The summed E-state index contributed by atoms with van der Waals surface area (Å²) in [4.78, 5) is 12.3. The number of carbonyl (C=O) groups is 1. The average Bonchev–Trinajstić information content (AvgIpc) is 2.69. The molecule has 0 heterocycles. The second kappa shape index (κ2) is 8.81. The zero-order valence-corrected chi connectivity index (χ0v) is 15.0. The van der Waals surface area contributed by atoms with E-state index in [1.54, 1.807) is 25.1 Å². The molecule has 0 saturated heterocycles. The van der Waals surface area contributed by atoms with Gasteiger partial charge in [-0.05, 0) is 54.5 Å². The second-order valence-electron chi connectivity index (χ2n) is 6.09. The van der Waals surface area contributed by atoms with Gasteiger partial charge in [0.25, 0.3) is 0 Å². The van der Waals surface area contributed by atoms with Crippen LogP contribution in [0.2, 0.25) is 0 Å². The molecule has 1 amide bonds. The molecular formula is C23H20FNO2. The maximum absolute atomic E-state index is 13.3. The normalized spacial score (nSPS) is 10.7. The molecule has 3 nitrogen and oxygen atoms in total. The van der Waals surface area contributed by atoms with Crippen LogP contribution in [0, 0.1) is 12.7 Å². The summed E-state index contributed by atoms with van der Waals surface area (Å²) in [6.07, 6.45) is 3.09. The lowest BCUT2D eigenvalue weighted by molar-refractivity contribution is -0.111. The Morgan fingerprint density at radius 3 is 2.56 bits per heavy atom. The van der Waals surface area contributed by atoms with Crippen LogP contribution < -0.4 is 10.1 Å². The fraction of sp³-hybridized carbons (Fsp3) is 0.0870. The van der Waals surface area contributed by atoms with E-state index in [2.05, 4.69) is 5.32 Å². The van der Waals surface area contributed by atoms with Crippen molar-refractivity contribution in [2.75, 3.05) is 5.32 Å². The minimum atomic E-state index is -0.260. The lowest BCUT2D eigenvalue weighted by Gasteiger charge is -2.11. The van der Waals surface area contributed by atoms with Crippen LogP contribution in [-0.4, -0.2) is 5.91 Å². The topological polar surface area (TPSA) is 38.3 Å². The predicted octanol–water partition coefficient (Wildman–Crippen LogP) is 5.37. The molecule has 136 valence electrons. The third-order valence-electron chi connectivity index (χ3n) is 4.02. The van der Waals surface area contributed by atoms with Crippen molar-refractivity contribution in [2.24, 2.45) is 0 Å². The molecule has 0 aliphatic heterocycles. The Morgan fingerprint density at radius 2 is 1.78 bits per heavy atom. The molecule has 3 rings (SSSR count). The summed E-state index contributed by atoms with van der Waals surface area (Å²) in [5, 5.41) is 2.86. The number of rotatable bonds is 6. The average molecular weight is 361 g/mol. The summed E-state index contributed by atoms with van der Waals surface area (Å²) in [5.41, 5.74) is 2.88. The Morgan fingerprint density at radius 1 is 1.04 bits per heavy atom. The number of ether oxygens (including phenoxy) is 1. The van der Waals surface area contributed by atoms with Gasteiger partial charge in [-0.25, -0.2) is 4.39 Å². The zero-order chi connectivity index (χ0) is 19.1. The van der Waals surface area contributed by atoms with Crippen LogP contribution >= 0.6 is 0 Å². The van der Waals surface area contributed by atoms with Gasteiger partial charge < -0.3 is 10.1 Å². The lowest BCUT2D eigenvalue weighted by atomic mass is 10.1. The first kappa shape index (κ1) is 18.4. The first-order chi connectivity index (χ1) is 13.1. The molecule has 0 fully saturated rings. The van der Waals surface area contributed by atoms with E-state index >= 15 is 0 Å². The van der Waals surface area contributed by atoms with Gasteiger partial charge in [0.05, 0.1) is 0 Å². The highest BCUT2D eigenvalue weighted by Crippen LogP contribution is 2.19. The van der Waals surface area contributed by atoms with Gasteiger partial charge in [0.1, 0.15) is 18.2 Å².